The van der Waals surface area contributed by atoms with E-state index >= 15 is 0 Å². The largest absolute Gasteiger partial charge is 0.482 e. The number of benzene rings is 1. The van der Waals surface area contributed by atoms with Gasteiger partial charge in [0.2, 0.25) is 0 Å². The number of fused-ring (bicyclic) bond motifs is 1. The fraction of sp³-hybridized carbons (Fsp3) is 0.412. The molecule has 5 heteroatoms. The van der Waals surface area contributed by atoms with E-state index < -0.39 is 5.97 Å². The number of ether oxygens (including phenoxy) is 2. The van der Waals surface area contributed by atoms with Crippen LogP contribution in [0.5, 0.6) is 5.75 Å². The van der Waals surface area contributed by atoms with Gasteiger partial charge in [-0.1, -0.05) is 20.3 Å². The molecule has 1 heterocycles. The van der Waals surface area contributed by atoms with Crippen molar-refractivity contribution in [1.29, 1.82) is 0 Å². The van der Waals surface area contributed by atoms with Crippen molar-refractivity contribution in [1.82, 2.24) is 0 Å². The fourth-order valence-corrected chi connectivity index (χ4v) is 2.11. The van der Waals surface area contributed by atoms with Crippen LogP contribution in [0.3, 0.4) is 0 Å². The van der Waals surface area contributed by atoms with Gasteiger partial charge in [-0.3, -0.25) is 0 Å². The minimum atomic E-state index is -0.405. The third-order valence-corrected chi connectivity index (χ3v) is 3.30. The molecular formula is C17H20O5. The van der Waals surface area contributed by atoms with Gasteiger partial charge in [0.15, 0.2) is 6.61 Å². The molecule has 1 aromatic carbocycles. The predicted octanol–water partition coefficient (Wildman–Crippen LogP) is 3.08. The minimum Gasteiger partial charge on any atom is -0.482 e. The van der Waals surface area contributed by atoms with Crippen molar-refractivity contribution in [3.63, 3.8) is 0 Å². The van der Waals surface area contributed by atoms with Gasteiger partial charge in [-0.05, 0) is 30.5 Å². The van der Waals surface area contributed by atoms with Crippen LogP contribution in [0.15, 0.2) is 33.5 Å². The van der Waals surface area contributed by atoms with Crippen LogP contribution in [0.4, 0.5) is 0 Å². The summed E-state index contributed by atoms with van der Waals surface area (Å²) in [6.45, 7) is 4.25. The first-order valence-electron chi connectivity index (χ1n) is 7.49. The number of aryl methyl sites for hydroxylation is 1. The average molecular weight is 304 g/mol. The standard InChI is InChI=1S/C17H20O5/c1-3-5-8-20-17(19)11-21-13-6-7-14-12(4-2)9-16(18)22-15(14)10-13/h6-7,9-10H,3-5,8,11H2,1-2H3. The lowest BCUT2D eigenvalue weighted by molar-refractivity contribution is -0.146. The van der Waals surface area contributed by atoms with Crippen molar-refractivity contribution >= 4 is 16.9 Å². The number of hydrogen-bond acceptors (Lipinski definition) is 5. The number of esters is 1. The van der Waals surface area contributed by atoms with E-state index in [2.05, 4.69) is 0 Å². The maximum atomic E-state index is 11.5. The Hall–Kier alpha value is -2.30. The zero-order chi connectivity index (χ0) is 15.9. The molecular weight excluding hydrogens is 284 g/mol. The molecule has 0 aliphatic rings. The Morgan fingerprint density at radius 3 is 2.77 bits per heavy atom. The van der Waals surface area contributed by atoms with Crippen LogP contribution < -0.4 is 10.4 Å². The third kappa shape index (κ3) is 4.10. The lowest BCUT2D eigenvalue weighted by atomic mass is 10.1. The Morgan fingerprint density at radius 1 is 1.23 bits per heavy atom. The van der Waals surface area contributed by atoms with Crippen LogP contribution in [-0.4, -0.2) is 19.2 Å². The summed E-state index contributed by atoms with van der Waals surface area (Å²) in [5, 5.41) is 0.875. The molecule has 2 aromatic rings. The second-order valence-corrected chi connectivity index (χ2v) is 4.96. The highest BCUT2D eigenvalue weighted by molar-refractivity contribution is 5.81. The second kappa shape index (κ2) is 7.64. The first kappa shape index (κ1) is 16.1. The molecule has 0 saturated heterocycles. The maximum absolute atomic E-state index is 11.5. The Balaban J connectivity index is 2.07. The van der Waals surface area contributed by atoms with Gasteiger partial charge < -0.3 is 13.9 Å². The molecule has 22 heavy (non-hydrogen) atoms. The molecule has 0 aliphatic carbocycles. The predicted molar refractivity (Wildman–Crippen MR) is 83.2 cm³/mol. The zero-order valence-electron chi connectivity index (χ0n) is 12.9. The first-order chi connectivity index (χ1) is 10.6. The van der Waals surface area contributed by atoms with Crippen molar-refractivity contribution in [3.8, 4) is 5.75 Å². The van der Waals surface area contributed by atoms with Gasteiger partial charge in [-0.25, -0.2) is 9.59 Å². The zero-order valence-corrected chi connectivity index (χ0v) is 12.9. The van der Waals surface area contributed by atoms with E-state index in [4.69, 9.17) is 13.9 Å². The number of unbranched alkanes of at least 4 members (excludes halogenated alkanes) is 1. The number of carbonyl (C=O) groups is 1. The minimum absolute atomic E-state index is 0.160. The van der Waals surface area contributed by atoms with Crippen molar-refractivity contribution in [2.45, 2.75) is 33.1 Å². The van der Waals surface area contributed by atoms with Crippen LogP contribution >= 0.6 is 0 Å². The van der Waals surface area contributed by atoms with Gasteiger partial charge in [-0.15, -0.1) is 0 Å². The molecule has 5 nitrogen and oxygen atoms in total. The summed E-state index contributed by atoms with van der Waals surface area (Å²) < 4.78 is 15.6. The normalized spacial score (nSPS) is 10.6. The van der Waals surface area contributed by atoms with Crippen molar-refractivity contribution in [2.24, 2.45) is 0 Å². The van der Waals surface area contributed by atoms with E-state index in [1.54, 1.807) is 12.1 Å². The van der Waals surface area contributed by atoms with E-state index in [1.165, 1.54) is 6.07 Å². The monoisotopic (exact) mass is 304 g/mol. The third-order valence-electron chi connectivity index (χ3n) is 3.30. The molecule has 0 amide bonds. The van der Waals surface area contributed by atoms with Gasteiger partial charge in [0.05, 0.1) is 6.61 Å². The van der Waals surface area contributed by atoms with Gasteiger partial charge >= 0.3 is 11.6 Å². The Morgan fingerprint density at radius 2 is 2.05 bits per heavy atom. The number of carbonyl (C=O) groups excluding carboxylic acids is 1. The van der Waals surface area contributed by atoms with Gasteiger partial charge in [0.1, 0.15) is 11.3 Å². The molecule has 118 valence electrons. The van der Waals surface area contributed by atoms with Gasteiger partial charge in [0.25, 0.3) is 0 Å². The fourth-order valence-electron chi connectivity index (χ4n) is 2.11. The summed E-state index contributed by atoms with van der Waals surface area (Å²) in [5.41, 5.74) is 0.999. The molecule has 0 atom stereocenters. The highest BCUT2D eigenvalue weighted by atomic mass is 16.6. The number of rotatable bonds is 7. The summed E-state index contributed by atoms with van der Waals surface area (Å²) >= 11 is 0. The molecule has 0 N–H and O–H groups in total. The topological polar surface area (TPSA) is 65.7 Å². The summed E-state index contributed by atoms with van der Waals surface area (Å²) in [4.78, 5) is 23.0. The van der Waals surface area contributed by atoms with E-state index in [-0.39, 0.29) is 12.2 Å². The van der Waals surface area contributed by atoms with Crippen LogP contribution in [0.1, 0.15) is 32.3 Å². The van der Waals surface area contributed by atoms with Crippen molar-refractivity contribution < 1.29 is 18.7 Å². The van der Waals surface area contributed by atoms with Crippen LogP contribution in [0.25, 0.3) is 11.0 Å². The molecule has 0 bridgehead atoms. The van der Waals surface area contributed by atoms with Crippen LogP contribution in [0.2, 0.25) is 0 Å². The van der Waals surface area contributed by atoms with Crippen molar-refractivity contribution in [3.05, 3.63) is 40.2 Å². The van der Waals surface area contributed by atoms with Gasteiger partial charge in [-0.2, -0.15) is 0 Å². The van der Waals surface area contributed by atoms with Crippen LogP contribution in [-0.2, 0) is 16.0 Å². The Labute approximate surface area is 128 Å². The van der Waals surface area contributed by atoms with Crippen molar-refractivity contribution in [2.75, 3.05) is 13.2 Å². The van der Waals surface area contributed by atoms with E-state index in [0.29, 0.717) is 17.9 Å². The molecule has 0 aliphatic heterocycles. The quantitative estimate of drug-likeness (QED) is 0.447. The van der Waals surface area contributed by atoms with Gasteiger partial charge in [0, 0.05) is 17.5 Å². The Bertz CT molecular complexity index is 702. The average Bonchev–Trinajstić information content (AvgIpc) is 2.52. The molecule has 0 fully saturated rings. The summed E-state index contributed by atoms with van der Waals surface area (Å²) in [6.07, 6.45) is 2.55. The SMILES string of the molecule is CCCCOC(=O)COc1ccc2c(CC)cc(=O)oc2c1. The lowest BCUT2D eigenvalue weighted by Crippen LogP contribution is -2.15. The maximum Gasteiger partial charge on any atom is 0.344 e. The summed E-state index contributed by atoms with van der Waals surface area (Å²) in [5.74, 6) is 0.0636. The van der Waals surface area contributed by atoms with Crippen LogP contribution in [0, 0.1) is 0 Å². The van der Waals surface area contributed by atoms with E-state index in [1.807, 2.05) is 19.9 Å². The molecule has 0 unspecified atom stereocenters. The highest BCUT2D eigenvalue weighted by Crippen LogP contribution is 2.23. The second-order valence-electron chi connectivity index (χ2n) is 4.96. The number of hydrogen-bond donors (Lipinski definition) is 0. The first-order valence-corrected chi connectivity index (χ1v) is 7.49. The van der Waals surface area contributed by atoms with E-state index in [9.17, 15) is 9.59 Å². The Kier molecular flexibility index (Phi) is 5.58. The molecule has 0 spiro atoms. The summed E-state index contributed by atoms with van der Waals surface area (Å²) in [6, 6.07) is 6.69. The highest BCUT2D eigenvalue weighted by Gasteiger charge is 2.08. The molecule has 0 radical (unpaired) electrons. The summed E-state index contributed by atoms with van der Waals surface area (Å²) in [7, 11) is 0. The lowest BCUT2D eigenvalue weighted by Gasteiger charge is -2.08. The molecule has 0 saturated carbocycles. The molecule has 2 rings (SSSR count). The smallest absolute Gasteiger partial charge is 0.344 e. The van der Waals surface area contributed by atoms with E-state index in [0.717, 1.165) is 30.2 Å². The molecule has 1 aromatic heterocycles.